The van der Waals surface area contributed by atoms with Gasteiger partial charge in [-0.25, -0.2) is 4.39 Å². The molecule has 0 aliphatic rings. The van der Waals surface area contributed by atoms with Crippen molar-refractivity contribution in [3.8, 4) is 5.75 Å². The molecule has 0 N–H and O–H groups in total. The summed E-state index contributed by atoms with van der Waals surface area (Å²) in [6.45, 7) is 1.85. The first-order valence-electron chi connectivity index (χ1n) is 5.99. The molecule has 2 rings (SSSR count). The van der Waals surface area contributed by atoms with Gasteiger partial charge >= 0.3 is 0 Å². The third kappa shape index (κ3) is 3.22. The van der Waals surface area contributed by atoms with Gasteiger partial charge in [0.05, 0.1) is 7.11 Å². The Labute approximate surface area is 131 Å². The predicted octanol–water partition coefficient (Wildman–Crippen LogP) is 5.81. The van der Waals surface area contributed by atoms with E-state index < -0.39 is 0 Å². The van der Waals surface area contributed by atoms with Crippen molar-refractivity contribution in [1.82, 2.24) is 0 Å². The number of benzene rings is 2. The molecule has 4 heteroatoms. The molecule has 0 unspecified atom stereocenters. The van der Waals surface area contributed by atoms with Crippen molar-refractivity contribution in [2.45, 2.75) is 6.92 Å². The van der Waals surface area contributed by atoms with Crippen LogP contribution in [0.15, 0.2) is 40.9 Å². The topological polar surface area (TPSA) is 9.23 Å². The summed E-state index contributed by atoms with van der Waals surface area (Å²) < 4.78 is 20.1. The maximum Gasteiger partial charge on any atom is 0.132 e. The molecule has 0 aliphatic carbocycles. The average Bonchev–Trinajstić information content (AvgIpc) is 2.40. The molecule has 20 heavy (non-hydrogen) atoms. The van der Waals surface area contributed by atoms with Crippen LogP contribution in [0.1, 0.15) is 18.1 Å². The van der Waals surface area contributed by atoms with Crippen molar-refractivity contribution in [2.75, 3.05) is 7.11 Å². The van der Waals surface area contributed by atoms with Crippen molar-refractivity contribution in [3.63, 3.8) is 0 Å². The second kappa shape index (κ2) is 6.42. The third-order valence-electron chi connectivity index (χ3n) is 2.95. The van der Waals surface area contributed by atoms with Crippen molar-refractivity contribution < 1.29 is 9.13 Å². The van der Waals surface area contributed by atoms with Crippen LogP contribution in [0.5, 0.6) is 5.75 Å². The maximum absolute atomic E-state index is 13.9. The molecule has 0 bridgehead atoms. The van der Waals surface area contributed by atoms with Crippen LogP contribution >= 0.6 is 27.5 Å². The summed E-state index contributed by atoms with van der Waals surface area (Å²) in [6, 6.07) is 10.3. The Morgan fingerprint density at radius 3 is 2.70 bits per heavy atom. The van der Waals surface area contributed by atoms with Crippen molar-refractivity contribution in [3.05, 3.63) is 62.8 Å². The Morgan fingerprint density at radius 1 is 1.30 bits per heavy atom. The monoisotopic (exact) mass is 354 g/mol. The molecule has 0 saturated carbocycles. The number of rotatable bonds is 3. The van der Waals surface area contributed by atoms with Crippen LogP contribution < -0.4 is 4.74 Å². The highest BCUT2D eigenvalue weighted by molar-refractivity contribution is 9.10. The fourth-order valence-electron chi connectivity index (χ4n) is 1.94. The molecule has 2 aromatic rings. The lowest BCUT2D eigenvalue weighted by Gasteiger charge is -2.09. The lowest BCUT2D eigenvalue weighted by Crippen LogP contribution is -1.90. The minimum atomic E-state index is -0.336. The average molecular weight is 356 g/mol. The van der Waals surface area contributed by atoms with Gasteiger partial charge in [0.15, 0.2) is 0 Å². The Balaban J connectivity index is 2.50. The number of ether oxygens (including phenoxy) is 1. The van der Waals surface area contributed by atoms with Gasteiger partial charge in [-0.1, -0.05) is 39.7 Å². The second-order valence-corrected chi connectivity index (χ2v) is 5.60. The molecule has 1 nitrogen and oxygen atoms in total. The summed E-state index contributed by atoms with van der Waals surface area (Å²) in [5, 5.41) is 0.387. The van der Waals surface area contributed by atoms with Gasteiger partial charge in [0.25, 0.3) is 0 Å². The standard InChI is InChI=1S/C16H13BrClFO/c1-10(12-7-6-11(18)9-15(12)19)8-13-14(17)4-3-5-16(13)20-2/h3-9H,1-2H3. The van der Waals surface area contributed by atoms with Gasteiger partial charge in [-0.2, -0.15) is 0 Å². The molecule has 0 aromatic heterocycles. The zero-order valence-electron chi connectivity index (χ0n) is 11.1. The fourth-order valence-corrected chi connectivity index (χ4v) is 2.56. The van der Waals surface area contributed by atoms with Gasteiger partial charge in [0.2, 0.25) is 0 Å². The van der Waals surface area contributed by atoms with E-state index in [0.29, 0.717) is 10.6 Å². The molecular formula is C16H13BrClFO. The maximum atomic E-state index is 13.9. The number of allylic oxidation sites excluding steroid dienone is 1. The van der Waals surface area contributed by atoms with Crippen LogP contribution in [-0.4, -0.2) is 7.11 Å². The van der Waals surface area contributed by atoms with E-state index in [2.05, 4.69) is 15.9 Å². The van der Waals surface area contributed by atoms with Crippen LogP contribution in [0, 0.1) is 5.82 Å². The Kier molecular flexibility index (Phi) is 4.84. The van der Waals surface area contributed by atoms with E-state index in [1.807, 2.05) is 31.2 Å². The van der Waals surface area contributed by atoms with Gasteiger partial charge in [-0.3, -0.25) is 0 Å². The quantitative estimate of drug-likeness (QED) is 0.631. The molecule has 0 radical (unpaired) electrons. The van der Waals surface area contributed by atoms with E-state index >= 15 is 0 Å². The zero-order valence-corrected chi connectivity index (χ0v) is 13.4. The zero-order chi connectivity index (χ0) is 14.7. The first-order valence-corrected chi connectivity index (χ1v) is 7.16. The number of halogens is 3. The molecule has 0 spiro atoms. The number of methoxy groups -OCH3 is 1. The Morgan fingerprint density at radius 2 is 2.05 bits per heavy atom. The highest BCUT2D eigenvalue weighted by Gasteiger charge is 2.08. The molecule has 2 aromatic carbocycles. The van der Waals surface area contributed by atoms with Crippen LogP contribution in [0.4, 0.5) is 4.39 Å². The summed E-state index contributed by atoms with van der Waals surface area (Å²) in [5.74, 6) is 0.394. The minimum absolute atomic E-state index is 0.336. The predicted molar refractivity (Wildman–Crippen MR) is 85.6 cm³/mol. The first-order chi connectivity index (χ1) is 9.52. The van der Waals surface area contributed by atoms with Crippen molar-refractivity contribution in [1.29, 1.82) is 0 Å². The van der Waals surface area contributed by atoms with Crippen LogP contribution in [-0.2, 0) is 0 Å². The molecule has 0 saturated heterocycles. The molecule has 0 fully saturated rings. The highest BCUT2D eigenvalue weighted by atomic mass is 79.9. The fraction of sp³-hybridized carbons (Fsp3) is 0.125. The SMILES string of the molecule is COc1cccc(Br)c1C=C(C)c1ccc(Cl)cc1F. The van der Waals surface area contributed by atoms with Gasteiger partial charge in [-0.05, 0) is 42.8 Å². The van der Waals surface area contributed by atoms with Crippen molar-refractivity contribution >= 4 is 39.2 Å². The normalized spacial score (nSPS) is 11.6. The van der Waals surface area contributed by atoms with E-state index in [-0.39, 0.29) is 5.82 Å². The van der Waals surface area contributed by atoms with Gasteiger partial charge in [0.1, 0.15) is 11.6 Å². The third-order valence-corrected chi connectivity index (χ3v) is 3.88. The summed E-state index contributed by atoms with van der Waals surface area (Å²) in [7, 11) is 1.61. The number of hydrogen-bond acceptors (Lipinski definition) is 1. The molecular weight excluding hydrogens is 343 g/mol. The van der Waals surface area contributed by atoms with Gasteiger partial charge < -0.3 is 4.74 Å². The summed E-state index contributed by atoms with van der Waals surface area (Å²) in [6.07, 6.45) is 1.88. The number of hydrogen-bond donors (Lipinski definition) is 0. The lowest BCUT2D eigenvalue weighted by molar-refractivity contribution is 0.413. The molecule has 0 heterocycles. The summed E-state index contributed by atoms with van der Waals surface area (Å²) in [5.41, 5.74) is 2.19. The largest absolute Gasteiger partial charge is 0.496 e. The highest BCUT2D eigenvalue weighted by Crippen LogP contribution is 2.31. The van der Waals surface area contributed by atoms with E-state index in [4.69, 9.17) is 16.3 Å². The van der Waals surface area contributed by atoms with Gasteiger partial charge in [-0.15, -0.1) is 0 Å². The second-order valence-electron chi connectivity index (χ2n) is 4.31. The minimum Gasteiger partial charge on any atom is -0.496 e. The Bertz CT molecular complexity index is 668. The van der Waals surface area contributed by atoms with Crippen LogP contribution in [0.3, 0.4) is 0 Å². The van der Waals surface area contributed by atoms with Crippen LogP contribution in [0.25, 0.3) is 11.6 Å². The summed E-state index contributed by atoms with van der Waals surface area (Å²) >= 11 is 9.25. The lowest BCUT2D eigenvalue weighted by atomic mass is 10.0. The van der Waals surface area contributed by atoms with Crippen molar-refractivity contribution in [2.24, 2.45) is 0 Å². The van der Waals surface area contributed by atoms with E-state index in [9.17, 15) is 4.39 Å². The molecule has 0 amide bonds. The van der Waals surface area contributed by atoms with E-state index in [1.54, 1.807) is 19.2 Å². The first kappa shape index (κ1) is 15.1. The summed E-state index contributed by atoms with van der Waals surface area (Å²) in [4.78, 5) is 0. The molecule has 104 valence electrons. The van der Waals surface area contributed by atoms with Gasteiger partial charge in [0, 0.05) is 20.6 Å². The van der Waals surface area contributed by atoms with E-state index in [0.717, 1.165) is 21.4 Å². The van der Waals surface area contributed by atoms with Crippen LogP contribution in [0.2, 0.25) is 5.02 Å². The molecule has 0 aliphatic heterocycles. The Hall–Kier alpha value is -1.32. The smallest absolute Gasteiger partial charge is 0.132 e. The molecule has 0 atom stereocenters. The van der Waals surface area contributed by atoms with E-state index in [1.165, 1.54) is 6.07 Å².